The smallest absolute Gasteiger partial charge is 0.306 e. The molecule has 2 fully saturated rings. The Morgan fingerprint density at radius 3 is 2.17 bits per heavy atom. The maximum Gasteiger partial charge on any atom is 0.306 e. The van der Waals surface area contributed by atoms with Gasteiger partial charge < -0.3 is 10.4 Å². The largest absolute Gasteiger partial charge is 0.481 e. The molecule has 3 rings (SSSR count). The van der Waals surface area contributed by atoms with Gasteiger partial charge in [0.15, 0.2) is 0 Å². The number of amides is 1. The molecule has 0 atom stereocenters. The molecule has 2 N–H and O–H groups in total. The van der Waals surface area contributed by atoms with Crippen LogP contribution in [0.5, 0.6) is 0 Å². The summed E-state index contributed by atoms with van der Waals surface area (Å²) in [7, 11) is 0. The first-order chi connectivity index (χ1) is 11.5. The number of hydrogen-bond acceptors (Lipinski definition) is 2. The Kier molecular flexibility index (Phi) is 5.28. The number of benzene rings is 1. The Hall–Kier alpha value is -1.36. The summed E-state index contributed by atoms with van der Waals surface area (Å²) in [5, 5.41) is 12.3. The summed E-state index contributed by atoms with van der Waals surface area (Å²) in [5.74, 6) is -0.826. The number of carbonyl (C=O) groups excluding carboxylic acids is 1. The number of carboxylic acids is 1. The fraction of sp³-hybridized carbons (Fsp3) is 0.579. The predicted octanol–water partition coefficient (Wildman–Crippen LogP) is 4.02. The third-order valence-corrected chi connectivity index (χ3v) is 6.23. The fourth-order valence-electron chi connectivity index (χ4n) is 4.20. The molecule has 1 amide bonds. The van der Waals surface area contributed by atoms with Gasteiger partial charge in [0.25, 0.3) is 0 Å². The molecular formula is C19H24BrNO3. The second-order valence-electron chi connectivity index (χ2n) is 7.16. The van der Waals surface area contributed by atoms with Crippen molar-refractivity contribution in [3.63, 3.8) is 0 Å². The molecule has 2 aliphatic rings. The normalized spacial score (nSPS) is 26.0. The highest BCUT2D eigenvalue weighted by atomic mass is 79.9. The molecule has 130 valence electrons. The SMILES string of the molecule is O=C(O)C1CCC(NC(=O)C2(c3ccc(Br)cc3)CCCC2)CC1. The molecule has 2 saturated carbocycles. The van der Waals surface area contributed by atoms with Crippen molar-refractivity contribution in [3.8, 4) is 0 Å². The lowest BCUT2D eigenvalue weighted by atomic mass is 9.77. The first kappa shape index (κ1) is 17.5. The molecule has 0 bridgehead atoms. The van der Waals surface area contributed by atoms with E-state index in [1.165, 1.54) is 0 Å². The van der Waals surface area contributed by atoms with Crippen molar-refractivity contribution in [1.82, 2.24) is 5.32 Å². The lowest BCUT2D eigenvalue weighted by Gasteiger charge is -2.33. The van der Waals surface area contributed by atoms with Crippen molar-refractivity contribution in [2.75, 3.05) is 0 Å². The van der Waals surface area contributed by atoms with Crippen LogP contribution in [-0.2, 0) is 15.0 Å². The molecule has 2 aliphatic carbocycles. The summed E-state index contributed by atoms with van der Waals surface area (Å²) in [6.45, 7) is 0. The minimum absolute atomic E-state index is 0.112. The maximum atomic E-state index is 13.1. The van der Waals surface area contributed by atoms with Crippen LogP contribution in [-0.4, -0.2) is 23.0 Å². The van der Waals surface area contributed by atoms with Gasteiger partial charge >= 0.3 is 5.97 Å². The van der Waals surface area contributed by atoms with E-state index in [1.807, 2.05) is 12.1 Å². The van der Waals surface area contributed by atoms with E-state index in [1.54, 1.807) is 0 Å². The Morgan fingerprint density at radius 1 is 1.04 bits per heavy atom. The van der Waals surface area contributed by atoms with Crippen LogP contribution in [0.3, 0.4) is 0 Å². The van der Waals surface area contributed by atoms with Gasteiger partial charge in [-0.2, -0.15) is 0 Å². The van der Waals surface area contributed by atoms with E-state index < -0.39 is 11.4 Å². The van der Waals surface area contributed by atoms with Gasteiger partial charge in [0.1, 0.15) is 0 Å². The van der Waals surface area contributed by atoms with Crippen LogP contribution in [0.15, 0.2) is 28.7 Å². The Morgan fingerprint density at radius 2 is 1.62 bits per heavy atom. The summed E-state index contributed by atoms with van der Waals surface area (Å²) in [6, 6.07) is 8.22. The molecule has 4 nitrogen and oxygen atoms in total. The third kappa shape index (κ3) is 3.51. The predicted molar refractivity (Wildman–Crippen MR) is 95.8 cm³/mol. The van der Waals surface area contributed by atoms with E-state index >= 15 is 0 Å². The standard InChI is InChI=1S/C19H24BrNO3/c20-15-7-5-14(6-8-15)19(11-1-2-12-19)18(24)21-16-9-3-13(4-10-16)17(22)23/h5-8,13,16H,1-4,9-12H2,(H,21,24)(H,22,23). The van der Waals surface area contributed by atoms with Crippen molar-refractivity contribution >= 4 is 27.8 Å². The van der Waals surface area contributed by atoms with Crippen LogP contribution in [0.1, 0.15) is 56.9 Å². The van der Waals surface area contributed by atoms with E-state index in [4.69, 9.17) is 5.11 Å². The Bertz CT molecular complexity index is 600. The van der Waals surface area contributed by atoms with Crippen molar-refractivity contribution in [3.05, 3.63) is 34.3 Å². The number of rotatable bonds is 4. The van der Waals surface area contributed by atoms with Crippen LogP contribution < -0.4 is 5.32 Å². The second kappa shape index (κ2) is 7.26. The van der Waals surface area contributed by atoms with Crippen molar-refractivity contribution in [2.24, 2.45) is 5.92 Å². The number of halogens is 1. The van der Waals surface area contributed by atoms with Crippen molar-refractivity contribution in [2.45, 2.75) is 62.8 Å². The highest BCUT2D eigenvalue weighted by Crippen LogP contribution is 2.42. The van der Waals surface area contributed by atoms with Crippen molar-refractivity contribution < 1.29 is 14.7 Å². The highest BCUT2D eigenvalue weighted by Gasteiger charge is 2.43. The van der Waals surface area contributed by atoms with Gasteiger partial charge in [-0.15, -0.1) is 0 Å². The zero-order valence-corrected chi connectivity index (χ0v) is 15.3. The fourth-order valence-corrected chi connectivity index (χ4v) is 4.47. The third-order valence-electron chi connectivity index (χ3n) is 5.70. The number of carboxylic acid groups (broad SMARTS) is 1. The second-order valence-corrected chi connectivity index (χ2v) is 8.07. The van der Waals surface area contributed by atoms with Crippen LogP contribution in [0.2, 0.25) is 0 Å². The van der Waals surface area contributed by atoms with Crippen LogP contribution in [0.25, 0.3) is 0 Å². The van der Waals surface area contributed by atoms with Crippen LogP contribution in [0, 0.1) is 5.92 Å². The minimum Gasteiger partial charge on any atom is -0.481 e. The number of carbonyl (C=O) groups is 2. The van der Waals surface area contributed by atoms with Gasteiger partial charge in [0.05, 0.1) is 11.3 Å². The summed E-state index contributed by atoms with van der Waals surface area (Å²) in [5.41, 5.74) is 0.685. The Labute approximate surface area is 151 Å². The monoisotopic (exact) mass is 393 g/mol. The molecule has 1 aromatic rings. The Balaban J connectivity index is 1.70. The van der Waals surface area contributed by atoms with Gasteiger partial charge in [0, 0.05) is 10.5 Å². The van der Waals surface area contributed by atoms with Gasteiger partial charge in [-0.1, -0.05) is 40.9 Å². The van der Waals surface area contributed by atoms with Gasteiger partial charge in [0.2, 0.25) is 5.91 Å². The van der Waals surface area contributed by atoms with Crippen LogP contribution in [0.4, 0.5) is 0 Å². The average molecular weight is 394 g/mol. The number of nitrogens with one attached hydrogen (secondary N) is 1. The van der Waals surface area contributed by atoms with E-state index in [0.29, 0.717) is 12.8 Å². The molecule has 0 aliphatic heterocycles. The molecule has 24 heavy (non-hydrogen) atoms. The van der Waals surface area contributed by atoms with Gasteiger partial charge in [-0.05, 0) is 56.2 Å². The zero-order chi connectivity index (χ0) is 17.2. The molecule has 5 heteroatoms. The van der Waals surface area contributed by atoms with Crippen molar-refractivity contribution in [1.29, 1.82) is 0 Å². The number of aliphatic carboxylic acids is 1. The maximum absolute atomic E-state index is 13.1. The number of hydrogen-bond donors (Lipinski definition) is 2. The van der Waals surface area contributed by atoms with E-state index in [9.17, 15) is 9.59 Å². The molecule has 0 spiro atoms. The molecule has 0 radical (unpaired) electrons. The summed E-state index contributed by atoms with van der Waals surface area (Å²) < 4.78 is 1.02. The first-order valence-electron chi connectivity index (χ1n) is 8.81. The summed E-state index contributed by atoms with van der Waals surface area (Å²) in [4.78, 5) is 24.2. The molecule has 0 unspecified atom stereocenters. The summed E-state index contributed by atoms with van der Waals surface area (Å²) >= 11 is 3.46. The first-order valence-corrected chi connectivity index (χ1v) is 9.60. The lowest BCUT2D eigenvalue weighted by Crippen LogP contribution is -2.48. The van der Waals surface area contributed by atoms with Crippen LogP contribution >= 0.6 is 15.9 Å². The van der Waals surface area contributed by atoms with Gasteiger partial charge in [-0.25, -0.2) is 0 Å². The molecule has 0 saturated heterocycles. The molecular weight excluding hydrogens is 370 g/mol. The highest BCUT2D eigenvalue weighted by molar-refractivity contribution is 9.10. The molecule has 0 heterocycles. The quantitative estimate of drug-likeness (QED) is 0.811. The van der Waals surface area contributed by atoms with Gasteiger partial charge in [-0.3, -0.25) is 9.59 Å². The minimum atomic E-state index is -0.707. The molecule has 0 aromatic heterocycles. The van der Waals surface area contributed by atoms with E-state index in [2.05, 4.69) is 33.4 Å². The molecule has 1 aromatic carbocycles. The van der Waals surface area contributed by atoms with E-state index in [0.717, 1.165) is 48.6 Å². The van der Waals surface area contributed by atoms with E-state index in [-0.39, 0.29) is 17.9 Å². The lowest BCUT2D eigenvalue weighted by molar-refractivity contribution is -0.142. The summed E-state index contributed by atoms with van der Waals surface area (Å²) in [6.07, 6.45) is 6.79. The topological polar surface area (TPSA) is 66.4 Å². The average Bonchev–Trinajstić information content (AvgIpc) is 3.07. The zero-order valence-electron chi connectivity index (χ0n) is 13.8.